The average Bonchev–Trinajstić information content (AvgIpc) is 3.29. The van der Waals surface area contributed by atoms with Crippen molar-refractivity contribution in [2.24, 2.45) is 0 Å². The topological polar surface area (TPSA) is 111 Å². The van der Waals surface area contributed by atoms with Gasteiger partial charge in [-0.05, 0) is 48.7 Å². The molecule has 1 aromatic heterocycles. The van der Waals surface area contributed by atoms with Crippen LogP contribution in [0.15, 0.2) is 59.7 Å². The van der Waals surface area contributed by atoms with E-state index >= 15 is 0 Å². The summed E-state index contributed by atoms with van der Waals surface area (Å²) in [6, 6.07) is 12.9. The van der Waals surface area contributed by atoms with Crippen molar-refractivity contribution in [2.45, 2.75) is 13.5 Å². The third-order valence-electron chi connectivity index (χ3n) is 4.48. The monoisotopic (exact) mass is 438 g/mol. The number of carbonyl (C=O) groups is 1. The Balaban J connectivity index is 1.32. The summed E-state index contributed by atoms with van der Waals surface area (Å²) in [7, 11) is 0. The Labute approximate surface area is 183 Å². The van der Waals surface area contributed by atoms with Gasteiger partial charge in [0.2, 0.25) is 0 Å². The molecule has 0 unspecified atom stereocenters. The number of hydrazine groups is 2. The molecule has 1 aliphatic rings. The largest absolute Gasteiger partial charge is 0.493 e. The van der Waals surface area contributed by atoms with Crippen molar-refractivity contribution in [1.29, 1.82) is 0 Å². The minimum absolute atomic E-state index is 0.00940. The molecular formula is C21H22N6O3S. The Bertz CT molecular complexity index is 1180. The molecule has 0 atom stereocenters. The molecule has 9 nitrogen and oxygen atoms in total. The summed E-state index contributed by atoms with van der Waals surface area (Å²) in [6.07, 6.45) is 3.68. The zero-order valence-corrected chi connectivity index (χ0v) is 17.7. The lowest BCUT2D eigenvalue weighted by Crippen LogP contribution is -2.31. The summed E-state index contributed by atoms with van der Waals surface area (Å²) in [5.41, 5.74) is 7.79. The average molecular weight is 439 g/mol. The molecule has 0 bridgehead atoms. The third-order valence-corrected chi connectivity index (χ3v) is 5.32. The minimum atomic E-state index is -0.443. The van der Waals surface area contributed by atoms with Crippen molar-refractivity contribution < 1.29 is 9.53 Å². The zero-order chi connectivity index (χ0) is 21.6. The van der Waals surface area contributed by atoms with E-state index in [-0.39, 0.29) is 17.9 Å². The number of hydrogen-bond acceptors (Lipinski definition) is 8. The highest BCUT2D eigenvalue weighted by Gasteiger charge is 2.12. The number of amides is 1. The summed E-state index contributed by atoms with van der Waals surface area (Å²) in [5.74, 6) is 1.04. The molecule has 0 spiro atoms. The second-order valence-electron chi connectivity index (χ2n) is 6.84. The van der Waals surface area contributed by atoms with E-state index in [9.17, 15) is 9.59 Å². The lowest BCUT2D eigenvalue weighted by molar-refractivity contribution is 0.0940. The first-order valence-corrected chi connectivity index (χ1v) is 10.6. The highest BCUT2D eigenvalue weighted by atomic mass is 32.2. The fourth-order valence-corrected chi connectivity index (χ4v) is 3.60. The lowest BCUT2D eigenvalue weighted by atomic mass is 10.2. The van der Waals surface area contributed by atoms with Gasteiger partial charge in [-0.15, -0.1) is 5.53 Å². The molecule has 160 valence electrons. The Morgan fingerprint density at radius 1 is 1.26 bits per heavy atom. The fraction of sp³-hybridized carbons (Fsp3) is 0.190. The van der Waals surface area contributed by atoms with Crippen LogP contribution in [0.25, 0.3) is 10.9 Å². The van der Waals surface area contributed by atoms with E-state index in [1.165, 1.54) is 0 Å². The van der Waals surface area contributed by atoms with Crippen LogP contribution in [0.2, 0.25) is 0 Å². The number of nitrogens with zero attached hydrogens (tertiary/aromatic N) is 2. The molecule has 3 aromatic rings. The van der Waals surface area contributed by atoms with Crippen molar-refractivity contribution >= 4 is 28.8 Å². The molecule has 0 saturated heterocycles. The van der Waals surface area contributed by atoms with E-state index < -0.39 is 5.91 Å². The zero-order valence-electron chi connectivity index (χ0n) is 16.8. The number of aryl methyl sites for hydroxylation is 1. The molecule has 10 heteroatoms. The van der Waals surface area contributed by atoms with Crippen molar-refractivity contribution in [3.8, 4) is 5.75 Å². The predicted octanol–water partition coefficient (Wildman–Crippen LogP) is 1.98. The van der Waals surface area contributed by atoms with Crippen LogP contribution in [0, 0.1) is 6.92 Å². The Hall–Kier alpha value is -3.50. The summed E-state index contributed by atoms with van der Waals surface area (Å²) < 4.78 is 7.63. The maximum absolute atomic E-state index is 12.5. The van der Waals surface area contributed by atoms with Gasteiger partial charge in [0.1, 0.15) is 5.75 Å². The van der Waals surface area contributed by atoms with Crippen LogP contribution in [0.4, 0.5) is 0 Å². The number of ether oxygens (including phenoxy) is 1. The van der Waals surface area contributed by atoms with Gasteiger partial charge in [-0.3, -0.25) is 9.59 Å². The third kappa shape index (κ3) is 5.36. The van der Waals surface area contributed by atoms with Crippen molar-refractivity contribution in [3.63, 3.8) is 0 Å². The van der Waals surface area contributed by atoms with E-state index in [1.54, 1.807) is 30.3 Å². The molecule has 31 heavy (non-hydrogen) atoms. The summed E-state index contributed by atoms with van der Waals surface area (Å²) >= 11 is 1.58. The number of benzene rings is 2. The lowest BCUT2D eigenvalue weighted by Gasteiger charge is -2.14. The number of carbonyl (C=O) groups excluding carboxylic acids is 1. The maximum Gasteiger partial charge on any atom is 0.287 e. The van der Waals surface area contributed by atoms with Gasteiger partial charge in [0, 0.05) is 24.7 Å². The summed E-state index contributed by atoms with van der Waals surface area (Å²) in [4.78, 5) is 31.6. The number of rotatable bonds is 8. The Kier molecular flexibility index (Phi) is 6.39. The molecule has 1 amide bonds. The van der Waals surface area contributed by atoms with Crippen molar-refractivity contribution in [3.05, 3.63) is 82.2 Å². The quantitative estimate of drug-likeness (QED) is 0.312. The van der Waals surface area contributed by atoms with Crippen LogP contribution in [0.5, 0.6) is 5.75 Å². The minimum Gasteiger partial charge on any atom is -0.493 e. The Morgan fingerprint density at radius 3 is 3.00 bits per heavy atom. The number of nitrogens with one attached hydrogen (secondary N) is 4. The van der Waals surface area contributed by atoms with Crippen molar-refractivity contribution in [1.82, 2.24) is 30.7 Å². The van der Waals surface area contributed by atoms with Crippen molar-refractivity contribution in [2.75, 3.05) is 12.4 Å². The van der Waals surface area contributed by atoms with Gasteiger partial charge in [0.25, 0.3) is 11.5 Å². The summed E-state index contributed by atoms with van der Waals surface area (Å²) in [5, 5.41) is 3.25. The molecule has 4 rings (SSSR count). The van der Waals surface area contributed by atoms with E-state index in [0.29, 0.717) is 17.5 Å². The number of hydrogen-bond donors (Lipinski definition) is 4. The molecule has 1 aliphatic heterocycles. The normalized spacial score (nSPS) is 12.7. The highest BCUT2D eigenvalue weighted by Crippen LogP contribution is 2.15. The molecule has 2 aromatic carbocycles. The van der Waals surface area contributed by atoms with Gasteiger partial charge in [0.15, 0.2) is 5.82 Å². The van der Waals surface area contributed by atoms with Crippen LogP contribution in [-0.2, 0) is 6.54 Å². The summed E-state index contributed by atoms with van der Waals surface area (Å²) in [6.45, 7) is 2.72. The Morgan fingerprint density at radius 2 is 2.16 bits per heavy atom. The van der Waals surface area contributed by atoms with E-state index in [4.69, 9.17) is 4.74 Å². The number of H-pyrrole nitrogens is 1. The predicted molar refractivity (Wildman–Crippen MR) is 120 cm³/mol. The van der Waals surface area contributed by atoms with Gasteiger partial charge in [0.05, 0.1) is 17.5 Å². The molecular weight excluding hydrogens is 416 g/mol. The fourth-order valence-electron chi connectivity index (χ4n) is 2.98. The number of fused-ring (bicyclic) bond motifs is 1. The molecule has 0 radical (unpaired) electrons. The van der Waals surface area contributed by atoms with Gasteiger partial charge < -0.3 is 20.5 Å². The van der Waals surface area contributed by atoms with E-state index in [1.807, 2.05) is 47.9 Å². The van der Waals surface area contributed by atoms with E-state index in [2.05, 4.69) is 26.2 Å². The molecule has 4 N–H and O–H groups in total. The smallest absolute Gasteiger partial charge is 0.287 e. The number of aromatic nitrogens is 2. The van der Waals surface area contributed by atoms with Crippen LogP contribution in [-0.4, -0.2) is 32.6 Å². The SMILES string of the molecule is Cc1ccc2nc(C(=O)NCc3cccc(OCCSN4C=CNN4)c3)[nH]c(=O)c2c1. The molecule has 2 heterocycles. The standard InChI is InChI=1S/C21H22N6O3S/c1-14-5-6-18-17(11-14)20(28)25-19(24-18)21(29)22-13-15-3-2-4-16(12-15)30-9-10-31-27-8-7-23-26-27/h2-8,11-12,23,26H,9-10,13H2,1H3,(H,22,29)(H,24,25,28). The van der Waals surface area contributed by atoms with Crippen LogP contribution in [0.1, 0.15) is 21.7 Å². The first-order chi connectivity index (χ1) is 15.1. The van der Waals surface area contributed by atoms with Gasteiger partial charge in [-0.2, -0.15) is 0 Å². The highest BCUT2D eigenvalue weighted by molar-refractivity contribution is 7.97. The van der Waals surface area contributed by atoms with Crippen LogP contribution < -0.4 is 26.6 Å². The van der Waals surface area contributed by atoms with Gasteiger partial charge in [-0.25, -0.2) is 9.40 Å². The second-order valence-corrected chi connectivity index (χ2v) is 7.90. The second kappa shape index (κ2) is 9.54. The first-order valence-electron chi connectivity index (χ1n) is 9.69. The van der Waals surface area contributed by atoms with Gasteiger partial charge in [-0.1, -0.05) is 23.8 Å². The molecule has 0 fully saturated rings. The molecule has 0 aliphatic carbocycles. The van der Waals surface area contributed by atoms with E-state index in [0.717, 1.165) is 22.6 Å². The van der Waals surface area contributed by atoms with Crippen LogP contribution in [0.3, 0.4) is 0 Å². The van der Waals surface area contributed by atoms with Gasteiger partial charge >= 0.3 is 0 Å². The maximum atomic E-state index is 12.5. The van der Waals surface area contributed by atoms with Crippen LogP contribution >= 0.6 is 11.9 Å². The first kappa shape index (κ1) is 20.8. The molecule has 0 saturated carbocycles. The number of aromatic amines is 1.